The van der Waals surface area contributed by atoms with Crippen molar-refractivity contribution >= 4 is 11.0 Å². The van der Waals surface area contributed by atoms with Crippen molar-refractivity contribution < 1.29 is 4.42 Å². The zero-order chi connectivity index (χ0) is 10.3. The summed E-state index contributed by atoms with van der Waals surface area (Å²) in [6, 6.07) is 7.41. The monoisotopic (exact) mass is 198 g/mol. The van der Waals surface area contributed by atoms with E-state index in [-0.39, 0.29) is 5.43 Å². The number of benzene rings is 1. The highest BCUT2D eigenvalue weighted by atomic mass is 16.3. The minimum atomic E-state index is 0.121. The van der Waals surface area contributed by atoms with Gasteiger partial charge < -0.3 is 4.42 Å². The summed E-state index contributed by atoms with van der Waals surface area (Å²) in [4.78, 5) is 12.1. The number of allylic oxidation sites excluding steroid dienone is 2. The molecule has 0 saturated heterocycles. The van der Waals surface area contributed by atoms with Crippen molar-refractivity contribution in [2.45, 2.75) is 12.8 Å². The smallest absolute Gasteiger partial charge is 0.196 e. The first-order valence-corrected chi connectivity index (χ1v) is 5.05. The van der Waals surface area contributed by atoms with E-state index in [1.807, 2.05) is 36.4 Å². The van der Waals surface area contributed by atoms with Gasteiger partial charge in [0, 0.05) is 12.0 Å². The first-order chi connectivity index (χ1) is 7.36. The summed E-state index contributed by atoms with van der Waals surface area (Å²) in [5.41, 5.74) is 1.63. The average molecular weight is 198 g/mol. The van der Waals surface area contributed by atoms with E-state index in [2.05, 4.69) is 0 Å². The van der Waals surface area contributed by atoms with Gasteiger partial charge in [-0.05, 0) is 18.6 Å². The zero-order valence-electron chi connectivity index (χ0n) is 8.19. The summed E-state index contributed by atoms with van der Waals surface area (Å²) in [5.74, 6) is 0.821. The topological polar surface area (TPSA) is 30.2 Å². The van der Waals surface area contributed by atoms with E-state index in [1.165, 1.54) is 0 Å². The van der Waals surface area contributed by atoms with Crippen LogP contribution in [-0.2, 0) is 12.8 Å². The molecule has 2 heteroatoms. The summed E-state index contributed by atoms with van der Waals surface area (Å²) in [7, 11) is 0. The largest absolute Gasteiger partial charge is 0.460 e. The van der Waals surface area contributed by atoms with Gasteiger partial charge in [-0.3, -0.25) is 4.79 Å². The summed E-state index contributed by atoms with van der Waals surface area (Å²) in [6.45, 7) is 0. The highest BCUT2D eigenvalue weighted by Crippen LogP contribution is 2.19. The van der Waals surface area contributed by atoms with Gasteiger partial charge in [-0.2, -0.15) is 0 Å². The molecule has 0 fully saturated rings. The van der Waals surface area contributed by atoms with Crippen molar-refractivity contribution in [3.8, 4) is 0 Å². The fourth-order valence-corrected chi connectivity index (χ4v) is 1.99. The van der Waals surface area contributed by atoms with E-state index in [9.17, 15) is 4.79 Å². The highest BCUT2D eigenvalue weighted by molar-refractivity contribution is 5.77. The van der Waals surface area contributed by atoms with Crippen LogP contribution in [0, 0.1) is 0 Å². The molecular weight excluding hydrogens is 188 g/mol. The first-order valence-electron chi connectivity index (χ1n) is 5.05. The second-order valence-electron chi connectivity index (χ2n) is 3.71. The lowest BCUT2D eigenvalue weighted by atomic mass is 10.0. The maximum atomic E-state index is 12.1. The minimum absolute atomic E-state index is 0.121. The Kier molecular flexibility index (Phi) is 1.75. The van der Waals surface area contributed by atoms with Crippen molar-refractivity contribution in [3.05, 3.63) is 58.0 Å². The Labute approximate surface area is 86.8 Å². The Bertz CT molecular complexity index is 605. The normalized spacial score (nSPS) is 14.1. The summed E-state index contributed by atoms with van der Waals surface area (Å²) in [6.07, 6.45) is 5.49. The van der Waals surface area contributed by atoms with Crippen LogP contribution >= 0.6 is 0 Å². The second kappa shape index (κ2) is 3.09. The SMILES string of the molecule is O=c1c2c(oc3ccccc13)CC=CC2. The number of para-hydroxylation sites is 1. The molecule has 0 radical (unpaired) electrons. The zero-order valence-corrected chi connectivity index (χ0v) is 8.19. The maximum Gasteiger partial charge on any atom is 0.196 e. The van der Waals surface area contributed by atoms with Crippen LogP contribution in [0.4, 0.5) is 0 Å². The molecule has 15 heavy (non-hydrogen) atoms. The van der Waals surface area contributed by atoms with Crippen LogP contribution < -0.4 is 5.43 Å². The molecule has 0 N–H and O–H groups in total. The fraction of sp³-hybridized carbons (Fsp3) is 0.154. The molecule has 0 bridgehead atoms. The molecule has 74 valence electrons. The summed E-state index contributed by atoms with van der Waals surface area (Å²) >= 11 is 0. The lowest BCUT2D eigenvalue weighted by molar-refractivity contribution is 0.539. The summed E-state index contributed by atoms with van der Waals surface area (Å²) < 4.78 is 5.71. The quantitative estimate of drug-likeness (QED) is 0.608. The van der Waals surface area contributed by atoms with Gasteiger partial charge in [0.2, 0.25) is 0 Å². The molecule has 0 unspecified atom stereocenters. The van der Waals surface area contributed by atoms with Crippen LogP contribution in [0.25, 0.3) is 11.0 Å². The van der Waals surface area contributed by atoms with Crippen molar-refractivity contribution in [1.29, 1.82) is 0 Å². The van der Waals surface area contributed by atoms with Gasteiger partial charge >= 0.3 is 0 Å². The lowest BCUT2D eigenvalue weighted by Gasteiger charge is -2.09. The minimum Gasteiger partial charge on any atom is -0.460 e. The van der Waals surface area contributed by atoms with Crippen molar-refractivity contribution in [1.82, 2.24) is 0 Å². The number of rotatable bonds is 0. The van der Waals surface area contributed by atoms with Crippen LogP contribution in [0.1, 0.15) is 11.3 Å². The van der Waals surface area contributed by atoms with Gasteiger partial charge in [-0.25, -0.2) is 0 Å². The van der Waals surface area contributed by atoms with Crippen molar-refractivity contribution in [2.24, 2.45) is 0 Å². The van der Waals surface area contributed by atoms with Crippen LogP contribution in [0.5, 0.6) is 0 Å². The number of hydrogen-bond acceptors (Lipinski definition) is 2. The first kappa shape index (κ1) is 8.48. The third-order valence-corrected chi connectivity index (χ3v) is 2.77. The van der Waals surface area contributed by atoms with E-state index in [1.54, 1.807) is 0 Å². The van der Waals surface area contributed by atoms with Crippen LogP contribution in [0.3, 0.4) is 0 Å². The molecule has 1 aromatic heterocycles. The fourth-order valence-electron chi connectivity index (χ4n) is 1.99. The van der Waals surface area contributed by atoms with Crippen LogP contribution in [0.15, 0.2) is 45.6 Å². The molecule has 0 saturated carbocycles. The maximum absolute atomic E-state index is 12.1. The molecule has 0 amide bonds. The van der Waals surface area contributed by atoms with E-state index < -0.39 is 0 Å². The van der Waals surface area contributed by atoms with Crippen LogP contribution in [-0.4, -0.2) is 0 Å². The second-order valence-corrected chi connectivity index (χ2v) is 3.71. The van der Waals surface area contributed by atoms with Gasteiger partial charge in [0.1, 0.15) is 11.3 Å². The number of hydrogen-bond donors (Lipinski definition) is 0. The highest BCUT2D eigenvalue weighted by Gasteiger charge is 2.14. The Balaban J connectivity index is 2.44. The van der Waals surface area contributed by atoms with Crippen LogP contribution in [0.2, 0.25) is 0 Å². The van der Waals surface area contributed by atoms with Gasteiger partial charge in [-0.1, -0.05) is 24.3 Å². The molecule has 1 heterocycles. The van der Waals surface area contributed by atoms with Gasteiger partial charge in [0.05, 0.1) is 5.39 Å². The number of fused-ring (bicyclic) bond motifs is 2. The van der Waals surface area contributed by atoms with Crippen molar-refractivity contribution in [2.75, 3.05) is 0 Å². The van der Waals surface area contributed by atoms with Gasteiger partial charge in [-0.15, -0.1) is 0 Å². The average Bonchev–Trinajstić information content (AvgIpc) is 2.30. The van der Waals surface area contributed by atoms with Gasteiger partial charge in [0.25, 0.3) is 0 Å². The van der Waals surface area contributed by atoms with E-state index >= 15 is 0 Å². The van der Waals surface area contributed by atoms with E-state index in [4.69, 9.17) is 4.42 Å². The predicted molar refractivity (Wildman–Crippen MR) is 59.0 cm³/mol. The summed E-state index contributed by atoms with van der Waals surface area (Å²) in [5, 5.41) is 0.687. The molecule has 1 aliphatic rings. The predicted octanol–water partition coefficient (Wildman–Crippen LogP) is 2.45. The Morgan fingerprint density at radius 2 is 1.87 bits per heavy atom. The molecule has 0 aliphatic heterocycles. The standard InChI is InChI=1S/C13H10O2/c14-13-9-5-1-3-7-11(9)15-12-8-4-2-6-10(12)13/h1-5,7H,6,8H2. The molecule has 1 aliphatic carbocycles. The molecule has 2 nitrogen and oxygen atoms in total. The van der Waals surface area contributed by atoms with E-state index in [0.717, 1.165) is 17.7 Å². The Morgan fingerprint density at radius 3 is 2.80 bits per heavy atom. The molecule has 0 spiro atoms. The molecule has 1 aromatic carbocycles. The molecule has 3 rings (SSSR count). The molecule has 2 aromatic rings. The van der Waals surface area contributed by atoms with Gasteiger partial charge in [0.15, 0.2) is 5.43 Å². The Morgan fingerprint density at radius 1 is 1.07 bits per heavy atom. The Hall–Kier alpha value is -1.83. The van der Waals surface area contributed by atoms with E-state index in [0.29, 0.717) is 17.4 Å². The third kappa shape index (κ3) is 1.22. The van der Waals surface area contributed by atoms with Crippen molar-refractivity contribution in [3.63, 3.8) is 0 Å². The lowest BCUT2D eigenvalue weighted by Crippen LogP contribution is -2.13. The molecular formula is C13H10O2. The molecule has 0 atom stereocenters. The third-order valence-electron chi connectivity index (χ3n) is 2.77.